The van der Waals surface area contributed by atoms with Gasteiger partial charge in [0.25, 0.3) is 0 Å². The number of phosphoric ester groups is 2. The van der Waals surface area contributed by atoms with Crippen LogP contribution in [0.1, 0.15) is 357 Å². The van der Waals surface area contributed by atoms with E-state index >= 15 is 0 Å². The summed E-state index contributed by atoms with van der Waals surface area (Å²) in [5.74, 6) is 0.885. The van der Waals surface area contributed by atoms with Crippen LogP contribution in [0.2, 0.25) is 0 Å². The molecule has 3 N–H and O–H groups in total. The van der Waals surface area contributed by atoms with E-state index in [4.69, 9.17) is 37.0 Å². The minimum absolute atomic E-state index is 0.105. The number of unbranched alkanes of at least 4 members (excludes halogenated alkanes) is 34. The quantitative estimate of drug-likeness (QED) is 0.0222. The van der Waals surface area contributed by atoms with Gasteiger partial charge in [-0.1, -0.05) is 306 Å². The molecule has 91 heavy (non-hydrogen) atoms. The Bertz CT molecular complexity index is 1800. The Morgan fingerprint density at radius 1 is 0.308 bits per heavy atom. The lowest BCUT2D eigenvalue weighted by Crippen LogP contribution is -2.30. The minimum Gasteiger partial charge on any atom is -0.462 e. The van der Waals surface area contributed by atoms with Gasteiger partial charge < -0.3 is 33.8 Å². The van der Waals surface area contributed by atoms with Crippen LogP contribution in [0.5, 0.6) is 0 Å². The molecule has 0 saturated heterocycles. The van der Waals surface area contributed by atoms with Crippen molar-refractivity contribution in [1.82, 2.24) is 0 Å². The zero-order chi connectivity index (χ0) is 67.5. The van der Waals surface area contributed by atoms with Crippen molar-refractivity contribution >= 4 is 39.5 Å². The maximum atomic E-state index is 13.0. The second-order valence-corrected chi connectivity index (χ2v) is 30.6. The molecular weight excluding hydrogens is 1200 g/mol. The summed E-state index contributed by atoms with van der Waals surface area (Å²) in [6.45, 7) is 14.1. The summed E-state index contributed by atoms with van der Waals surface area (Å²) in [7, 11) is -9.91. The SMILES string of the molecule is CCC(C)CCCCCCCCCCCCC(=O)O[C@H](COC(=O)CCCCCCCCC(C)C)COP(=O)(O)OC[C@H](O)COP(=O)(O)OC[C@@H](COC(=O)CCCCCCCCCCCC(C)C)OC(=O)CCCCCCCCCCCCCCCC(C)C. The van der Waals surface area contributed by atoms with Crippen LogP contribution in [0.4, 0.5) is 0 Å². The summed E-state index contributed by atoms with van der Waals surface area (Å²) in [6, 6.07) is 0. The molecule has 0 amide bonds. The molecule has 0 aliphatic heterocycles. The molecule has 0 aromatic carbocycles. The molecule has 17 nitrogen and oxygen atoms in total. The van der Waals surface area contributed by atoms with Crippen LogP contribution >= 0.6 is 15.6 Å². The molecule has 3 unspecified atom stereocenters. The van der Waals surface area contributed by atoms with Crippen molar-refractivity contribution in [2.75, 3.05) is 39.6 Å². The highest BCUT2D eigenvalue weighted by molar-refractivity contribution is 7.47. The van der Waals surface area contributed by atoms with Gasteiger partial charge in [-0.3, -0.25) is 37.3 Å². The number of phosphoric acid groups is 2. The predicted octanol–water partition coefficient (Wildman–Crippen LogP) is 20.5. The van der Waals surface area contributed by atoms with E-state index in [1.54, 1.807) is 0 Å². The number of aliphatic hydroxyl groups excluding tert-OH is 1. The van der Waals surface area contributed by atoms with Crippen molar-refractivity contribution in [1.29, 1.82) is 0 Å². The van der Waals surface area contributed by atoms with E-state index in [-0.39, 0.29) is 25.7 Å². The number of aliphatic hydroxyl groups is 1. The number of ether oxygens (including phenoxy) is 4. The summed E-state index contributed by atoms with van der Waals surface area (Å²) in [4.78, 5) is 72.6. The second-order valence-electron chi connectivity index (χ2n) is 27.6. The molecule has 0 aromatic rings. The minimum atomic E-state index is -4.95. The molecule has 0 heterocycles. The van der Waals surface area contributed by atoms with Crippen molar-refractivity contribution in [3.8, 4) is 0 Å². The third-order valence-corrected chi connectivity index (χ3v) is 18.8. The van der Waals surface area contributed by atoms with E-state index in [0.717, 1.165) is 114 Å². The molecule has 0 aliphatic rings. The molecular formula is C72H140O17P2. The Morgan fingerprint density at radius 2 is 0.527 bits per heavy atom. The van der Waals surface area contributed by atoms with Crippen LogP contribution in [-0.4, -0.2) is 96.7 Å². The normalized spacial score (nSPS) is 14.5. The van der Waals surface area contributed by atoms with E-state index < -0.39 is 97.5 Å². The molecule has 0 saturated carbocycles. The second kappa shape index (κ2) is 61.6. The van der Waals surface area contributed by atoms with Crippen LogP contribution in [0.3, 0.4) is 0 Å². The van der Waals surface area contributed by atoms with Crippen molar-refractivity contribution in [3.63, 3.8) is 0 Å². The first-order valence-corrected chi connectivity index (χ1v) is 40.2. The van der Waals surface area contributed by atoms with Gasteiger partial charge in [0.15, 0.2) is 12.2 Å². The monoisotopic (exact) mass is 1340 g/mol. The van der Waals surface area contributed by atoms with Crippen LogP contribution < -0.4 is 0 Å². The Morgan fingerprint density at radius 3 is 0.780 bits per heavy atom. The predicted molar refractivity (Wildman–Crippen MR) is 367 cm³/mol. The molecule has 0 aromatic heterocycles. The Hall–Kier alpha value is -1.94. The van der Waals surface area contributed by atoms with Gasteiger partial charge in [-0.2, -0.15) is 0 Å². The summed E-state index contributed by atoms with van der Waals surface area (Å²) < 4.78 is 68.3. The molecule has 0 spiro atoms. The lowest BCUT2D eigenvalue weighted by molar-refractivity contribution is -0.161. The average molecular weight is 1340 g/mol. The lowest BCUT2D eigenvalue weighted by atomic mass is 9.99. The number of carbonyl (C=O) groups is 4. The van der Waals surface area contributed by atoms with Gasteiger partial charge in [0, 0.05) is 25.7 Å². The molecule has 540 valence electrons. The Kier molecular flexibility index (Phi) is 60.3. The average Bonchev–Trinajstić information content (AvgIpc) is 2.08. The van der Waals surface area contributed by atoms with Crippen molar-refractivity contribution < 1.29 is 80.2 Å². The van der Waals surface area contributed by atoms with Gasteiger partial charge in [0.05, 0.1) is 26.4 Å². The number of carbonyl (C=O) groups excluding carboxylic acids is 4. The Labute approximate surface area is 556 Å². The largest absolute Gasteiger partial charge is 0.472 e. The van der Waals surface area contributed by atoms with E-state index in [2.05, 4.69) is 55.4 Å². The molecule has 0 radical (unpaired) electrons. The fourth-order valence-electron chi connectivity index (χ4n) is 10.8. The Balaban J connectivity index is 5.25. The van der Waals surface area contributed by atoms with Crippen molar-refractivity contribution in [3.05, 3.63) is 0 Å². The first-order valence-electron chi connectivity index (χ1n) is 37.2. The smallest absolute Gasteiger partial charge is 0.462 e. The van der Waals surface area contributed by atoms with Crippen molar-refractivity contribution in [2.24, 2.45) is 23.7 Å². The van der Waals surface area contributed by atoms with Crippen LogP contribution in [0.15, 0.2) is 0 Å². The fraction of sp³-hybridized carbons (Fsp3) is 0.944. The van der Waals surface area contributed by atoms with Gasteiger partial charge in [0.2, 0.25) is 0 Å². The topological polar surface area (TPSA) is 237 Å². The van der Waals surface area contributed by atoms with E-state index in [9.17, 15) is 43.2 Å². The summed E-state index contributed by atoms with van der Waals surface area (Å²) >= 11 is 0. The van der Waals surface area contributed by atoms with Crippen molar-refractivity contribution in [2.45, 2.75) is 375 Å². The number of esters is 4. The van der Waals surface area contributed by atoms with Crippen LogP contribution in [0.25, 0.3) is 0 Å². The van der Waals surface area contributed by atoms with Gasteiger partial charge >= 0.3 is 39.5 Å². The molecule has 0 rings (SSSR count). The zero-order valence-corrected chi connectivity index (χ0v) is 61.3. The molecule has 6 atom stereocenters. The molecule has 19 heteroatoms. The van der Waals surface area contributed by atoms with E-state index in [1.807, 2.05) is 0 Å². The lowest BCUT2D eigenvalue weighted by Gasteiger charge is -2.21. The van der Waals surface area contributed by atoms with Gasteiger partial charge in [-0.15, -0.1) is 0 Å². The zero-order valence-electron chi connectivity index (χ0n) is 59.5. The summed E-state index contributed by atoms with van der Waals surface area (Å²) in [5, 5.41) is 10.6. The van der Waals surface area contributed by atoms with Crippen LogP contribution in [-0.2, 0) is 65.4 Å². The molecule has 0 bridgehead atoms. The van der Waals surface area contributed by atoms with Gasteiger partial charge in [0.1, 0.15) is 19.3 Å². The fourth-order valence-corrected chi connectivity index (χ4v) is 12.4. The van der Waals surface area contributed by atoms with E-state index in [0.29, 0.717) is 31.6 Å². The first kappa shape index (κ1) is 89.1. The number of rotatable bonds is 69. The first-order chi connectivity index (χ1) is 43.6. The molecule has 0 fully saturated rings. The maximum absolute atomic E-state index is 13.0. The van der Waals surface area contributed by atoms with Gasteiger partial charge in [-0.25, -0.2) is 9.13 Å². The third kappa shape index (κ3) is 65.1. The number of hydrogen-bond acceptors (Lipinski definition) is 15. The molecule has 0 aliphatic carbocycles. The van der Waals surface area contributed by atoms with Crippen LogP contribution in [0, 0.1) is 23.7 Å². The highest BCUT2D eigenvalue weighted by Crippen LogP contribution is 2.45. The summed E-state index contributed by atoms with van der Waals surface area (Å²) in [5.41, 5.74) is 0. The summed E-state index contributed by atoms with van der Waals surface area (Å²) in [6.07, 6.45) is 44.5. The third-order valence-electron chi connectivity index (χ3n) is 16.9. The van der Waals surface area contributed by atoms with E-state index in [1.165, 1.54) is 154 Å². The maximum Gasteiger partial charge on any atom is 0.472 e. The highest BCUT2D eigenvalue weighted by atomic mass is 31.2. The highest BCUT2D eigenvalue weighted by Gasteiger charge is 2.30. The standard InChI is InChI=1S/C72H140O17P2/c1-9-65(8)51-43-35-26-20-15-16-22-29-39-47-55-72(77)89-68(59-83-70(75)53-45-37-31-30-34-42-50-64(6)7)61-87-91(80,81)85-57-66(73)56-84-90(78,79)86-60-67(58-82-69(74)52-44-36-27-23-17-19-25-33-41-49-63(4)5)88-71(76)54-46-38-28-21-14-12-10-11-13-18-24-32-40-48-62(2)3/h62-68,73H,9-61H2,1-8H3,(H,78,79)(H,80,81)/t65?,66-,67-,68-/m1/s1. The van der Waals surface area contributed by atoms with Gasteiger partial charge in [-0.05, 0) is 49.4 Å². The number of hydrogen-bond donors (Lipinski definition) is 3.